The van der Waals surface area contributed by atoms with Crippen molar-refractivity contribution in [1.82, 2.24) is 10.6 Å². The van der Waals surface area contributed by atoms with Crippen LogP contribution in [-0.2, 0) is 4.79 Å². The lowest BCUT2D eigenvalue weighted by atomic mass is 10.2. The van der Waals surface area contributed by atoms with Gasteiger partial charge in [0.1, 0.15) is 12.3 Å². The third kappa shape index (κ3) is 3.92. The molecule has 1 aromatic heterocycles. The van der Waals surface area contributed by atoms with Gasteiger partial charge in [0.2, 0.25) is 5.91 Å². The number of carbonyl (C=O) groups excluding carboxylic acids is 2. The topological polar surface area (TPSA) is 97.4 Å². The molecule has 17 heavy (non-hydrogen) atoms. The molecule has 1 heterocycles. The molecule has 4 N–H and O–H groups in total. The summed E-state index contributed by atoms with van der Waals surface area (Å²) in [6, 6.07) is 0.796. The number of hydrogen-bond acceptors (Lipinski definition) is 4. The van der Waals surface area contributed by atoms with Gasteiger partial charge in [-0.3, -0.25) is 9.59 Å². The maximum absolute atomic E-state index is 11.6. The van der Waals surface area contributed by atoms with Crippen LogP contribution in [0.5, 0.6) is 0 Å². The van der Waals surface area contributed by atoms with E-state index in [9.17, 15) is 9.59 Å². The smallest absolute Gasteiger partial charge is 0.255 e. The molecule has 2 atom stereocenters. The van der Waals surface area contributed by atoms with Crippen LogP contribution in [0.15, 0.2) is 23.0 Å². The second-order valence-corrected chi connectivity index (χ2v) is 3.85. The minimum atomic E-state index is -0.619. The molecule has 0 aliphatic rings. The van der Waals surface area contributed by atoms with Crippen molar-refractivity contribution in [3.05, 3.63) is 24.2 Å². The summed E-state index contributed by atoms with van der Waals surface area (Å²) in [5.74, 6) is -0.610. The molecule has 94 valence electrons. The Morgan fingerprint density at radius 3 is 2.65 bits per heavy atom. The number of amides is 2. The van der Waals surface area contributed by atoms with Gasteiger partial charge in [0, 0.05) is 12.6 Å². The zero-order valence-corrected chi connectivity index (χ0v) is 9.90. The Morgan fingerprint density at radius 2 is 2.12 bits per heavy atom. The van der Waals surface area contributed by atoms with Crippen molar-refractivity contribution >= 4 is 11.8 Å². The molecular weight excluding hydrogens is 222 g/mol. The highest BCUT2D eigenvalue weighted by molar-refractivity contribution is 5.97. The van der Waals surface area contributed by atoms with Gasteiger partial charge in [0.15, 0.2) is 0 Å². The molecule has 0 aliphatic carbocycles. The molecule has 6 nitrogen and oxygen atoms in total. The van der Waals surface area contributed by atoms with Crippen molar-refractivity contribution in [2.24, 2.45) is 5.73 Å². The van der Waals surface area contributed by atoms with E-state index < -0.39 is 6.04 Å². The van der Waals surface area contributed by atoms with Gasteiger partial charge in [-0.25, -0.2) is 0 Å². The third-order valence-corrected chi connectivity index (χ3v) is 2.27. The number of nitrogens with two attached hydrogens (primary N) is 1. The molecule has 1 rings (SSSR count). The zero-order valence-electron chi connectivity index (χ0n) is 9.90. The van der Waals surface area contributed by atoms with Crippen molar-refractivity contribution in [3.63, 3.8) is 0 Å². The summed E-state index contributed by atoms with van der Waals surface area (Å²) in [5.41, 5.74) is 5.77. The normalized spacial score (nSPS) is 13.8. The van der Waals surface area contributed by atoms with Gasteiger partial charge in [-0.1, -0.05) is 0 Å². The Bertz CT molecular complexity index is 375. The Hall–Kier alpha value is -1.82. The van der Waals surface area contributed by atoms with Crippen molar-refractivity contribution in [3.8, 4) is 0 Å². The summed E-state index contributed by atoms with van der Waals surface area (Å²) >= 11 is 0. The van der Waals surface area contributed by atoms with E-state index in [0.29, 0.717) is 12.1 Å². The number of furan rings is 1. The van der Waals surface area contributed by atoms with Crippen molar-refractivity contribution in [2.75, 3.05) is 6.54 Å². The van der Waals surface area contributed by atoms with Gasteiger partial charge in [0.25, 0.3) is 5.91 Å². The molecule has 0 saturated heterocycles. The first kappa shape index (κ1) is 13.2. The molecule has 0 fully saturated rings. The standard InChI is InChI=1S/C11H17N3O3/c1-7(5-12)13-10(15)8(2)14-11(16)9-3-4-17-6-9/h3-4,6-8H,5,12H2,1-2H3,(H,13,15)(H,14,16)/t7-,8?/m0/s1. The molecule has 0 bridgehead atoms. The van der Waals surface area contributed by atoms with E-state index in [1.165, 1.54) is 18.6 Å². The van der Waals surface area contributed by atoms with Crippen LogP contribution in [-0.4, -0.2) is 30.4 Å². The molecule has 0 aliphatic heterocycles. The summed E-state index contributed by atoms with van der Waals surface area (Å²) in [6.07, 6.45) is 2.72. The number of carbonyl (C=O) groups is 2. The first-order chi connectivity index (χ1) is 8.04. The van der Waals surface area contributed by atoms with Crippen molar-refractivity contribution < 1.29 is 14.0 Å². The number of nitrogens with one attached hydrogen (secondary N) is 2. The molecule has 0 spiro atoms. The molecule has 0 aromatic carbocycles. The number of rotatable bonds is 5. The van der Waals surface area contributed by atoms with Crippen LogP contribution in [0.25, 0.3) is 0 Å². The summed E-state index contributed by atoms with van der Waals surface area (Å²) in [5, 5.41) is 5.24. The summed E-state index contributed by atoms with van der Waals surface area (Å²) in [4.78, 5) is 23.2. The van der Waals surface area contributed by atoms with E-state index in [1.807, 2.05) is 0 Å². The molecule has 2 amide bonds. The molecule has 0 radical (unpaired) electrons. The van der Waals surface area contributed by atoms with Crippen molar-refractivity contribution in [1.29, 1.82) is 0 Å². The maximum Gasteiger partial charge on any atom is 0.255 e. The zero-order chi connectivity index (χ0) is 12.8. The lowest BCUT2D eigenvalue weighted by Gasteiger charge is -2.16. The van der Waals surface area contributed by atoms with E-state index in [0.717, 1.165) is 0 Å². The lowest BCUT2D eigenvalue weighted by Crippen LogP contribution is -2.49. The average molecular weight is 239 g/mol. The fraction of sp³-hybridized carbons (Fsp3) is 0.455. The molecular formula is C11H17N3O3. The van der Waals surface area contributed by atoms with Crippen LogP contribution >= 0.6 is 0 Å². The third-order valence-electron chi connectivity index (χ3n) is 2.27. The molecule has 1 aromatic rings. The Balaban J connectivity index is 2.46. The van der Waals surface area contributed by atoms with Crippen LogP contribution in [0, 0.1) is 0 Å². The van der Waals surface area contributed by atoms with Gasteiger partial charge >= 0.3 is 0 Å². The summed E-state index contributed by atoms with van der Waals surface area (Å²) in [6.45, 7) is 3.76. The van der Waals surface area contributed by atoms with Gasteiger partial charge in [0.05, 0.1) is 11.8 Å². The van der Waals surface area contributed by atoms with E-state index in [1.54, 1.807) is 13.8 Å². The Kier molecular flexibility index (Phi) is 4.71. The van der Waals surface area contributed by atoms with Gasteiger partial charge in [-0.05, 0) is 19.9 Å². The molecule has 1 unspecified atom stereocenters. The fourth-order valence-corrected chi connectivity index (χ4v) is 1.17. The summed E-state index contributed by atoms with van der Waals surface area (Å²) < 4.78 is 4.78. The SMILES string of the molecule is CC(NC(=O)c1ccoc1)C(=O)N[C@@H](C)CN. The summed E-state index contributed by atoms with van der Waals surface area (Å²) in [7, 11) is 0. The predicted molar refractivity (Wildman–Crippen MR) is 62.3 cm³/mol. The minimum Gasteiger partial charge on any atom is -0.472 e. The van der Waals surface area contributed by atoms with Gasteiger partial charge in [-0.15, -0.1) is 0 Å². The Labute approximate surface area is 99.5 Å². The lowest BCUT2D eigenvalue weighted by molar-refractivity contribution is -0.123. The molecule has 0 saturated carbocycles. The van der Waals surface area contributed by atoms with Crippen LogP contribution in [0.2, 0.25) is 0 Å². The van der Waals surface area contributed by atoms with E-state index in [2.05, 4.69) is 10.6 Å². The van der Waals surface area contributed by atoms with Gasteiger partial charge < -0.3 is 20.8 Å². The number of hydrogen-bond donors (Lipinski definition) is 3. The quantitative estimate of drug-likeness (QED) is 0.666. The minimum absolute atomic E-state index is 0.115. The predicted octanol–water partition coefficient (Wildman–Crippen LogP) is -0.139. The largest absolute Gasteiger partial charge is 0.472 e. The van der Waals surface area contributed by atoms with Crippen molar-refractivity contribution in [2.45, 2.75) is 25.9 Å². The van der Waals surface area contributed by atoms with Crippen LogP contribution in [0.3, 0.4) is 0 Å². The second kappa shape index (κ2) is 6.05. The van der Waals surface area contributed by atoms with E-state index in [4.69, 9.17) is 10.2 Å². The fourth-order valence-electron chi connectivity index (χ4n) is 1.17. The average Bonchev–Trinajstić information content (AvgIpc) is 2.82. The highest BCUT2D eigenvalue weighted by atomic mass is 16.3. The maximum atomic E-state index is 11.6. The van der Waals surface area contributed by atoms with Crippen LogP contribution in [0.4, 0.5) is 0 Å². The highest BCUT2D eigenvalue weighted by Gasteiger charge is 2.18. The Morgan fingerprint density at radius 1 is 1.41 bits per heavy atom. The van der Waals surface area contributed by atoms with Crippen LogP contribution < -0.4 is 16.4 Å². The van der Waals surface area contributed by atoms with E-state index in [-0.39, 0.29) is 17.9 Å². The van der Waals surface area contributed by atoms with Crippen LogP contribution in [0.1, 0.15) is 24.2 Å². The first-order valence-electron chi connectivity index (χ1n) is 5.38. The first-order valence-corrected chi connectivity index (χ1v) is 5.38. The monoisotopic (exact) mass is 239 g/mol. The highest BCUT2D eigenvalue weighted by Crippen LogP contribution is 2.00. The molecule has 6 heteroatoms. The van der Waals surface area contributed by atoms with E-state index >= 15 is 0 Å². The second-order valence-electron chi connectivity index (χ2n) is 3.85. The van der Waals surface area contributed by atoms with Gasteiger partial charge in [-0.2, -0.15) is 0 Å².